The number of benzene rings is 2. The van der Waals surface area contributed by atoms with Crippen LogP contribution in [-0.2, 0) is 99.1 Å². The number of nitrogens with zero attached hydrogens (tertiary/aromatic N) is 5. The second kappa shape index (κ2) is 62.0. The first-order valence-electron chi connectivity index (χ1n) is 46.2. The lowest BCUT2D eigenvalue weighted by Gasteiger charge is -2.31. The molecule has 16 amide bonds. The third kappa shape index (κ3) is 45.6. The van der Waals surface area contributed by atoms with Gasteiger partial charge in [-0.1, -0.05) is 72.2 Å². The molecule has 1 heterocycles. The average molecular weight is 2010 g/mol. The number of nitrogens with one attached hydrogen (secondary N) is 14. The highest BCUT2D eigenvalue weighted by atomic mass is 32.2. The van der Waals surface area contributed by atoms with Crippen LogP contribution < -0.4 is 132 Å². The molecule has 0 bridgehead atoms. The van der Waals surface area contributed by atoms with Crippen LogP contribution in [-0.4, -0.2) is 308 Å². The van der Waals surface area contributed by atoms with Gasteiger partial charge in [0.15, 0.2) is 23.8 Å². The molecule has 3 rings (SSSR count). The minimum Gasteiger partial charge on any atom is -0.508 e. The Balaban J connectivity index is 2.05. The number of aliphatic hydroxyl groups excluding tert-OH is 1. The van der Waals surface area contributed by atoms with Gasteiger partial charge in [0, 0.05) is 45.6 Å². The zero-order chi connectivity index (χ0) is 106. The first-order valence-corrected chi connectivity index (χ1v) is 47.6. The predicted octanol–water partition coefficient (Wildman–Crippen LogP) is -8.05. The number of primary amides is 1. The number of carbonyl (C=O) groups is 18. The van der Waals surface area contributed by atoms with Crippen LogP contribution in [0.1, 0.15) is 176 Å². The number of hydrogen-bond donors (Lipinski definition) is 29. The molecule has 0 radical (unpaired) electrons. The van der Waals surface area contributed by atoms with Gasteiger partial charge in [-0.2, -0.15) is 11.8 Å². The van der Waals surface area contributed by atoms with Crippen LogP contribution in [0.5, 0.6) is 11.5 Å². The van der Waals surface area contributed by atoms with E-state index in [2.05, 4.69) is 94.4 Å². The molecule has 786 valence electrons. The van der Waals surface area contributed by atoms with Crippen LogP contribution in [0.3, 0.4) is 0 Å². The first-order chi connectivity index (χ1) is 66.2. The number of carboxylic acids is 2. The Kier molecular flexibility index (Phi) is 53.2. The van der Waals surface area contributed by atoms with E-state index in [0.717, 1.165) is 11.8 Å². The van der Waals surface area contributed by atoms with Gasteiger partial charge in [0.2, 0.25) is 94.5 Å². The monoisotopic (exact) mass is 2010 g/mol. The number of phenols is 2. The molecular formula is C88H145N29O23S. The zero-order valence-electron chi connectivity index (χ0n) is 81.1. The summed E-state index contributed by atoms with van der Waals surface area (Å²) in [7, 11) is 0. The van der Waals surface area contributed by atoms with Gasteiger partial charge in [0.25, 0.3) is 0 Å². The van der Waals surface area contributed by atoms with E-state index < -0.39 is 240 Å². The van der Waals surface area contributed by atoms with E-state index in [1.165, 1.54) is 81.1 Å². The van der Waals surface area contributed by atoms with Crippen molar-refractivity contribution < 1.29 is 112 Å². The summed E-state index contributed by atoms with van der Waals surface area (Å²) in [5.74, 6) is -22.3. The molecule has 2 aromatic rings. The summed E-state index contributed by atoms with van der Waals surface area (Å²) in [5, 5.41) is 86.7. The molecule has 0 saturated carbocycles. The minimum atomic E-state index is -1.92. The van der Waals surface area contributed by atoms with Crippen LogP contribution in [0.4, 0.5) is 0 Å². The molecular weight excluding hydrogens is 1860 g/mol. The van der Waals surface area contributed by atoms with Crippen molar-refractivity contribution in [2.45, 2.75) is 281 Å². The predicted molar refractivity (Wildman–Crippen MR) is 521 cm³/mol. The largest absolute Gasteiger partial charge is 0.508 e. The summed E-state index contributed by atoms with van der Waals surface area (Å²) in [6.07, 6.45) is -3.59. The molecule has 18 atom stereocenters. The van der Waals surface area contributed by atoms with Crippen molar-refractivity contribution in [3.8, 4) is 11.5 Å². The van der Waals surface area contributed by atoms with Crippen molar-refractivity contribution in [1.82, 2.24) is 79.3 Å². The molecule has 18 unspecified atom stereocenters. The topological polar surface area (TPSA) is 890 Å². The van der Waals surface area contributed by atoms with E-state index >= 15 is 9.59 Å². The fourth-order valence-electron chi connectivity index (χ4n) is 14.4. The number of hydrogen-bond acceptors (Lipinski definition) is 27. The smallest absolute Gasteiger partial charge is 0.326 e. The highest BCUT2D eigenvalue weighted by molar-refractivity contribution is 7.98. The number of guanidine groups is 4. The molecule has 1 saturated heterocycles. The van der Waals surface area contributed by atoms with Crippen LogP contribution in [0, 0.1) is 17.8 Å². The zero-order valence-corrected chi connectivity index (χ0v) is 82.0. The van der Waals surface area contributed by atoms with Crippen molar-refractivity contribution in [2.24, 2.45) is 95.1 Å². The number of aliphatic hydroxyl groups is 1. The lowest BCUT2D eigenvalue weighted by molar-refractivity contribution is -0.144. The summed E-state index contributed by atoms with van der Waals surface area (Å²) in [6, 6.07) is -14.2. The first kappa shape index (κ1) is 121. The number of thioether (sulfide) groups is 1. The lowest BCUT2D eigenvalue weighted by atomic mass is 9.96. The van der Waals surface area contributed by atoms with Crippen molar-refractivity contribution in [1.29, 1.82) is 0 Å². The van der Waals surface area contributed by atoms with Crippen molar-refractivity contribution in [3.05, 3.63) is 59.7 Å². The standard InChI is InChI=1S/C88H145N29O23S/c1-11-45(6)67(115-79(134)60(39-49-22-26-51(119)27-23-49)112-72(127)54(18-13-32-100-86(93)94)104-71(126)53(17-12-31-99-85(91)92)105-75(130)58(37-43(2)3)111-77(132)62(42-66(122)123)109-70(125)47(8)103-69(124)46(7)89)81(136)113-61(41-65(90)121)76(131)106-56(30-36-141-10)74(129)110-59(38-44(4)5)78(133)116-68(48(9)118)82(137)108-57(20-15-34-102-88(97)98)83(138)117-35-16-21-64(117)80(135)107-55(19-14-33-101-87(95)96)73(128)114-63(84(139)140)40-50-24-28-52(120)29-25-50/h22-29,43-48,53-64,67-68,118-120H,11-21,30-42,89H2,1-10H3,(H2,90,121)(H,103,124)(H,104,126)(H,105,130)(H,106,131)(H,107,135)(H,108,137)(H,109,125)(H,110,129)(H,111,132)(H,112,127)(H,113,136)(H,114,128)(H,115,134)(H,116,133)(H,122,123)(H,139,140)(H4,91,92,99)(H4,93,94,100)(H4,95,96,101)(H4,97,98,102). The van der Waals surface area contributed by atoms with E-state index in [0.29, 0.717) is 11.1 Å². The summed E-state index contributed by atoms with van der Waals surface area (Å²) in [4.78, 5) is 271. The van der Waals surface area contributed by atoms with Crippen LogP contribution >= 0.6 is 11.8 Å². The number of aliphatic carboxylic acids is 2. The summed E-state index contributed by atoms with van der Waals surface area (Å²) in [6.45, 7) is 13.2. The van der Waals surface area contributed by atoms with Gasteiger partial charge < -0.3 is 162 Å². The Labute approximate surface area is 821 Å². The second-order valence-electron chi connectivity index (χ2n) is 35.2. The molecule has 52 nitrogen and oxygen atoms in total. The highest BCUT2D eigenvalue weighted by Gasteiger charge is 2.43. The molecule has 39 N–H and O–H groups in total. The summed E-state index contributed by atoms with van der Waals surface area (Å²) in [5.41, 5.74) is 56.8. The Hall–Kier alpha value is -14.1. The molecule has 141 heavy (non-hydrogen) atoms. The molecule has 0 aromatic heterocycles. The van der Waals surface area contributed by atoms with E-state index in [1.54, 1.807) is 40.9 Å². The Morgan fingerprint density at radius 3 is 1.14 bits per heavy atom. The number of aliphatic imine (C=N–C) groups is 4. The fourth-order valence-corrected chi connectivity index (χ4v) is 14.9. The molecule has 53 heteroatoms. The molecule has 1 fully saturated rings. The number of rotatable bonds is 64. The van der Waals surface area contributed by atoms with E-state index in [4.69, 9.17) is 57.3 Å². The van der Waals surface area contributed by atoms with Crippen molar-refractivity contribution in [3.63, 3.8) is 0 Å². The quantitative estimate of drug-likeness (QED) is 0.0166. The maximum Gasteiger partial charge on any atom is 0.326 e. The summed E-state index contributed by atoms with van der Waals surface area (Å²) < 4.78 is 0. The third-order valence-corrected chi connectivity index (χ3v) is 22.8. The normalized spacial score (nSPS) is 15.8. The van der Waals surface area contributed by atoms with Gasteiger partial charge in [-0.3, -0.25) is 101 Å². The number of aromatic hydroxyl groups is 2. The number of carbonyl (C=O) groups excluding carboxylic acids is 16. The van der Waals surface area contributed by atoms with Crippen molar-refractivity contribution in [2.75, 3.05) is 44.7 Å². The number of amides is 16. The minimum absolute atomic E-state index is 0.00864. The molecule has 0 aliphatic carbocycles. The Morgan fingerprint density at radius 2 is 0.745 bits per heavy atom. The van der Waals surface area contributed by atoms with E-state index in [-0.39, 0.29) is 176 Å². The molecule has 1 aliphatic rings. The van der Waals surface area contributed by atoms with Gasteiger partial charge in [0.05, 0.1) is 25.0 Å². The van der Waals surface area contributed by atoms with Gasteiger partial charge in [-0.05, 0) is 169 Å². The van der Waals surface area contributed by atoms with Crippen LogP contribution in [0.2, 0.25) is 0 Å². The van der Waals surface area contributed by atoms with Crippen LogP contribution in [0.15, 0.2) is 68.5 Å². The Morgan fingerprint density at radius 1 is 0.404 bits per heavy atom. The molecule has 0 spiro atoms. The lowest BCUT2D eigenvalue weighted by Crippen LogP contribution is -2.62. The van der Waals surface area contributed by atoms with E-state index in [9.17, 15) is 102 Å². The van der Waals surface area contributed by atoms with E-state index in [1.807, 2.05) is 0 Å². The van der Waals surface area contributed by atoms with Crippen molar-refractivity contribution >= 4 is 142 Å². The number of nitrogens with two attached hydrogens (primary N) is 10. The number of likely N-dealkylation sites (tertiary alicyclic amines) is 1. The van der Waals surface area contributed by atoms with Crippen LogP contribution in [0.25, 0.3) is 0 Å². The second-order valence-corrected chi connectivity index (χ2v) is 36.1. The number of phenolic OH excluding ortho intramolecular Hbond substituents is 2. The van der Waals surface area contributed by atoms with Gasteiger partial charge in [0.1, 0.15) is 102 Å². The molecule has 1 aliphatic heterocycles. The Bertz CT molecular complexity index is 4660. The number of carboxylic acid groups (broad SMARTS) is 2. The highest BCUT2D eigenvalue weighted by Crippen LogP contribution is 2.23. The fraction of sp³-hybridized carbons (Fsp3) is 0.614. The third-order valence-electron chi connectivity index (χ3n) is 22.1. The van der Waals surface area contributed by atoms with Gasteiger partial charge >= 0.3 is 11.9 Å². The van der Waals surface area contributed by atoms with Gasteiger partial charge in [-0.15, -0.1) is 0 Å². The maximum absolute atomic E-state index is 15.2. The van der Waals surface area contributed by atoms with Gasteiger partial charge in [-0.25, -0.2) is 4.79 Å². The maximum atomic E-state index is 15.2. The average Bonchev–Trinajstić information content (AvgIpc) is 1.70. The SMILES string of the molecule is CCC(C)C(NC(=O)C(Cc1ccc(O)cc1)NC(=O)C(CCCN=C(N)N)NC(=O)C(CCCN=C(N)N)NC(=O)C(CC(C)C)NC(=O)C(CC(=O)O)NC(=O)C(C)NC(=O)C(C)N)C(=O)NC(CC(N)=O)C(=O)NC(CCSC)C(=O)NC(CC(C)C)C(=O)NC(C(=O)NC(CCCN=C(N)N)C(=O)N1CCCC1C(=O)NC(CCCN=C(N)N)C(=O)NC(Cc1ccc(O)cc1)C(=O)O)C(C)O. The summed E-state index contributed by atoms with van der Waals surface area (Å²) >= 11 is 1.22. The molecule has 2 aromatic carbocycles.